The van der Waals surface area contributed by atoms with E-state index in [0.717, 1.165) is 0 Å². The molecule has 0 saturated heterocycles. The molecule has 0 heterocycles. The zero-order valence-corrected chi connectivity index (χ0v) is 9.36. The molecule has 0 aromatic heterocycles. The first-order valence-electron chi connectivity index (χ1n) is 5.31. The van der Waals surface area contributed by atoms with Gasteiger partial charge in [0, 0.05) is 0 Å². The lowest BCUT2D eigenvalue weighted by Gasteiger charge is -2.08. The molecular weight excluding hydrogens is 196 g/mol. The second kappa shape index (κ2) is 4.83. The van der Waals surface area contributed by atoms with E-state index in [9.17, 15) is 0 Å². The zero-order chi connectivity index (χ0) is 11.4. The first-order valence-corrected chi connectivity index (χ1v) is 5.31. The molecule has 16 heavy (non-hydrogen) atoms. The molecule has 2 aromatic carbocycles. The van der Waals surface area contributed by atoms with Gasteiger partial charge in [-0.05, 0) is 28.8 Å². The van der Waals surface area contributed by atoms with E-state index in [1.54, 1.807) is 0 Å². The van der Waals surface area contributed by atoms with Crippen molar-refractivity contribution in [1.29, 1.82) is 0 Å². The summed E-state index contributed by atoms with van der Waals surface area (Å²) < 4.78 is 5.38. The number of aryl methyl sites for hydroxylation is 1. The lowest BCUT2D eigenvalue weighted by molar-refractivity contribution is 0.154. The van der Waals surface area contributed by atoms with E-state index < -0.39 is 0 Å². The first-order chi connectivity index (χ1) is 7.83. The Bertz CT molecular complexity index is 535. The molecule has 0 aliphatic carbocycles. The smallest absolute Gasteiger partial charge is 0.107 e. The Morgan fingerprint density at radius 3 is 2.62 bits per heavy atom. The lowest BCUT2D eigenvalue weighted by atomic mass is 10.0. The minimum absolute atomic E-state index is 0.363. The molecule has 0 unspecified atom stereocenters. The van der Waals surface area contributed by atoms with Crippen LogP contribution in [0.4, 0.5) is 0 Å². The van der Waals surface area contributed by atoms with Crippen LogP contribution >= 0.6 is 0 Å². The quantitative estimate of drug-likeness (QED) is 0.558. The summed E-state index contributed by atoms with van der Waals surface area (Å²) in [4.78, 5) is 0. The van der Waals surface area contributed by atoms with Gasteiger partial charge >= 0.3 is 0 Å². The monoisotopic (exact) mass is 210 g/mol. The van der Waals surface area contributed by atoms with Crippen LogP contribution in [0, 0.1) is 19.3 Å². The van der Waals surface area contributed by atoms with Crippen molar-refractivity contribution in [3.8, 4) is 12.3 Å². The molecule has 2 rings (SSSR count). The van der Waals surface area contributed by atoms with Crippen LogP contribution in [0.3, 0.4) is 0 Å². The van der Waals surface area contributed by atoms with Crippen molar-refractivity contribution >= 4 is 10.8 Å². The van der Waals surface area contributed by atoms with Gasteiger partial charge in [0.25, 0.3) is 0 Å². The molecule has 0 atom stereocenters. The van der Waals surface area contributed by atoms with Gasteiger partial charge in [-0.25, -0.2) is 0 Å². The highest BCUT2D eigenvalue weighted by molar-refractivity contribution is 5.88. The Morgan fingerprint density at radius 1 is 1.12 bits per heavy atom. The van der Waals surface area contributed by atoms with Crippen LogP contribution < -0.4 is 0 Å². The van der Waals surface area contributed by atoms with Crippen LogP contribution in [-0.2, 0) is 11.3 Å². The molecule has 0 spiro atoms. The van der Waals surface area contributed by atoms with Crippen molar-refractivity contribution in [2.24, 2.45) is 0 Å². The fraction of sp³-hybridized carbons (Fsp3) is 0.200. The zero-order valence-electron chi connectivity index (χ0n) is 9.36. The highest BCUT2D eigenvalue weighted by Crippen LogP contribution is 2.22. The Labute approximate surface area is 96.1 Å². The van der Waals surface area contributed by atoms with Gasteiger partial charge in [-0.2, -0.15) is 0 Å². The summed E-state index contributed by atoms with van der Waals surface area (Å²) in [6.07, 6.45) is 5.15. The third kappa shape index (κ3) is 2.08. The topological polar surface area (TPSA) is 9.23 Å². The molecule has 0 saturated carbocycles. The average molecular weight is 210 g/mol. The largest absolute Gasteiger partial charge is 0.364 e. The van der Waals surface area contributed by atoms with E-state index >= 15 is 0 Å². The normalized spacial score (nSPS) is 10.2. The van der Waals surface area contributed by atoms with Gasteiger partial charge in [0.2, 0.25) is 0 Å². The lowest BCUT2D eigenvalue weighted by Crippen LogP contribution is -1.94. The van der Waals surface area contributed by atoms with E-state index in [0.29, 0.717) is 13.2 Å². The van der Waals surface area contributed by atoms with E-state index in [1.807, 2.05) is 6.07 Å². The summed E-state index contributed by atoms with van der Waals surface area (Å²) in [5, 5.41) is 2.53. The molecule has 0 aliphatic rings. The van der Waals surface area contributed by atoms with Gasteiger partial charge in [0.1, 0.15) is 6.61 Å². The predicted molar refractivity (Wildman–Crippen MR) is 67.2 cm³/mol. The molecule has 0 fully saturated rings. The fourth-order valence-electron chi connectivity index (χ4n) is 1.86. The maximum Gasteiger partial charge on any atom is 0.107 e. The van der Waals surface area contributed by atoms with Gasteiger partial charge in [-0.15, -0.1) is 6.42 Å². The highest BCUT2D eigenvalue weighted by Gasteiger charge is 2.02. The fourth-order valence-corrected chi connectivity index (χ4v) is 1.86. The molecule has 80 valence electrons. The van der Waals surface area contributed by atoms with E-state index in [1.165, 1.54) is 21.9 Å². The summed E-state index contributed by atoms with van der Waals surface area (Å²) in [6, 6.07) is 12.6. The van der Waals surface area contributed by atoms with Crippen LogP contribution in [-0.4, -0.2) is 6.61 Å². The summed E-state index contributed by atoms with van der Waals surface area (Å²) in [6.45, 7) is 3.06. The van der Waals surface area contributed by atoms with Crippen molar-refractivity contribution in [1.82, 2.24) is 0 Å². The SMILES string of the molecule is C#CCOCc1ccc(C)c2ccccc12. The summed E-state index contributed by atoms with van der Waals surface area (Å²) in [5.41, 5.74) is 2.48. The third-order valence-corrected chi connectivity index (χ3v) is 2.68. The molecule has 0 bridgehead atoms. The first kappa shape index (κ1) is 10.7. The van der Waals surface area contributed by atoms with Gasteiger partial charge in [0.05, 0.1) is 6.61 Å². The van der Waals surface area contributed by atoms with E-state index in [-0.39, 0.29) is 0 Å². The minimum Gasteiger partial charge on any atom is -0.364 e. The van der Waals surface area contributed by atoms with Crippen molar-refractivity contribution in [3.05, 3.63) is 47.5 Å². The number of benzene rings is 2. The Morgan fingerprint density at radius 2 is 1.88 bits per heavy atom. The Balaban J connectivity index is 2.39. The van der Waals surface area contributed by atoms with Crippen molar-refractivity contribution in [3.63, 3.8) is 0 Å². The second-order valence-corrected chi connectivity index (χ2v) is 3.78. The predicted octanol–water partition coefficient (Wildman–Crippen LogP) is 3.30. The molecule has 0 amide bonds. The molecule has 0 radical (unpaired) electrons. The van der Waals surface area contributed by atoms with Gasteiger partial charge in [-0.3, -0.25) is 0 Å². The summed E-state index contributed by atoms with van der Waals surface area (Å²) >= 11 is 0. The Hall–Kier alpha value is -1.78. The van der Waals surface area contributed by atoms with Crippen LogP contribution in [0.5, 0.6) is 0 Å². The maximum atomic E-state index is 5.38. The number of ether oxygens (including phenoxy) is 1. The maximum absolute atomic E-state index is 5.38. The van der Waals surface area contributed by atoms with Crippen LogP contribution in [0.25, 0.3) is 10.8 Å². The van der Waals surface area contributed by atoms with Crippen molar-refractivity contribution in [2.45, 2.75) is 13.5 Å². The van der Waals surface area contributed by atoms with Gasteiger partial charge in [-0.1, -0.05) is 42.3 Å². The van der Waals surface area contributed by atoms with Crippen molar-refractivity contribution < 1.29 is 4.74 Å². The van der Waals surface area contributed by atoms with Crippen LogP contribution in [0.15, 0.2) is 36.4 Å². The van der Waals surface area contributed by atoms with E-state index in [4.69, 9.17) is 11.2 Å². The Kier molecular flexibility index (Phi) is 3.24. The van der Waals surface area contributed by atoms with Crippen LogP contribution in [0.2, 0.25) is 0 Å². The second-order valence-electron chi connectivity index (χ2n) is 3.78. The average Bonchev–Trinajstić information content (AvgIpc) is 2.33. The summed E-state index contributed by atoms with van der Waals surface area (Å²) in [7, 11) is 0. The van der Waals surface area contributed by atoms with Crippen LogP contribution in [0.1, 0.15) is 11.1 Å². The summed E-state index contributed by atoms with van der Waals surface area (Å²) in [5.74, 6) is 2.48. The number of hydrogen-bond donors (Lipinski definition) is 0. The standard InChI is InChI=1S/C15H14O/c1-3-10-16-11-13-9-8-12(2)14-6-4-5-7-15(13)14/h1,4-9H,10-11H2,2H3. The number of hydrogen-bond acceptors (Lipinski definition) is 1. The molecule has 1 nitrogen and oxygen atoms in total. The number of terminal acetylenes is 1. The molecule has 2 aromatic rings. The third-order valence-electron chi connectivity index (χ3n) is 2.68. The number of fused-ring (bicyclic) bond motifs is 1. The number of rotatable bonds is 3. The van der Waals surface area contributed by atoms with Crippen molar-refractivity contribution in [2.75, 3.05) is 6.61 Å². The van der Waals surface area contributed by atoms with E-state index in [2.05, 4.69) is 43.2 Å². The molecule has 0 N–H and O–H groups in total. The highest BCUT2D eigenvalue weighted by atomic mass is 16.5. The molecular formula is C15H14O. The van der Waals surface area contributed by atoms with Gasteiger partial charge < -0.3 is 4.74 Å². The molecule has 1 heteroatoms. The minimum atomic E-state index is 0.363. The van der Waals surface area contributed by atoms with Gasteiger partial charge in [0.15, 0.2) is 0 Å². The molecule has 0 aliphatic heterocycles.